The summed E-state index contributed by atoms with van der Waals surface area (Å²) >= 11 is 1.46. The topological polar surface area (TPSA) is 91.3 Å². The zero-order chi connectivity index (χ0) is 17.9. The van der Waals surface area contributed by atoms with Crippen molar-refractivity contribution in [2.45, 2.75) is 12.5 Å². The number of nitrogens with zero attached hydrogens (tertiary/aromatic N) is 1. The number of thiophene rings is 1. The molecule has 2 aromatic heterocycles. The number of amides is 2. The molecule has 2 heterocycles. The Balaban J connectivity index is 1.63. The van der Waals surface area contributed by atoms with Gasteiger partial charge in [0.25, 0.3) is 0 Å². The van der Waals surface area contributed by atoms with Crippen LogP contribution in [0, 0.1) is 0 Å². The largest absolute Gasteiger partial charge is 0.383 e. The number of carbonyl (C=O) groups is 2. The van der Waals surface area contributed by atoms with Crippen LogP contribution in [0.25, 0.3) is 10.1 Å². The van der Waals surface area contributed by atoms with Gasteiger partial charge in [0, 0.05) is 15.8 Å². The minimum Gasteiger partial charge on any atom is -0.383 e. The van der Waals surface area contributed by atoms with Gasteiger partial charge in [0.15, 0.2) is 0 Å². The number of hydrogen-bond donors (Lipinski definition) is 3. The molecule has 3 N–H and O–H groups in total. The lowest BCUT2D eigenvalue weighted by Gasteiger charge is -2.22. The Hall–Kier alpha value is -2.77. The second-order valence-electron chi connectivity index (χ2n) is 5.80. The van der Waals surface area contributed by atoms with E-state index < -0.39 is 17.4 Å². The van der Waals surface area contributed by atoms with Crippen LogP contribution >= 0.6 is 11.3 Å². The van der Waals surface area contributed by atoms with Gasteiger partial charge in [-0.2, -0.15) is 0 Å². The fourth-order valence-electron chi connectivity index (χ4n) is 2.29. The molecule has 0 bridgehead atoms. The van der Waals surface area contributed by atoms with Crippen molar-refractivity contribution in [1.29, 1.82) is 0 Å². The van der Waals surface area contributed by atoms with Gasteiger partial charge in [-0.05, 0) is 36.6 Å². The molecule has 0 aliphatic carbocycles. The van der Waals surface area contributed by atoms with E-state index in [1.807, 2.05) is 30.3 Å². The quantitative estimate of drug-likeness (QED) is 0.626. The van der Waals surface area contributed by atoms with Crippen LogP contribution in [0.2, 0.25) is 0 Å². The van der Waals surface area contributed by atoms with Crippen LogP contribution in [0.5, 0.6) is 0 Å². The van der Waals surface area contributed by atoms with Crippen molar-refractivity contribution >= 4 is 38.9 Å². The van der Waals surface area contributed by atoms with Crippen molar-refractivity contribution in [3.8, 4) is 0 Å². The third-order valence-corrected chi connectivity index (χ3v) is 5.04. The van der Waals surface area contributed by atoms with Gasteiger partial charge >= 0.3 is 11.8 Å². The second kappa shape index (κ2) is 7.00. The van der Waals surface area contributed by atoms with Crippen LogP contribution in [0.15, 0.2) is 54.9 Å². The van der Waals surface area contributed by atoms with Gasteiger partial charge in [-0.3, -0.25) is 14.6 Å². The number of benzene rings is 1. The molecule has 0 saturated carbocycles. The average Bonchev–Trinajstić information content (AvgIpc) is 3.06. The first-order valence-corrected chi connectivity index (χ1v) is 8.48. The summed E-state index contributed by atoms with van der Waals surface area (Å²) in [7, 11) is 0. The van der Waals surface area contributed by atoms with E-state index in [9.17, 15) is 14.7 Å². The number of anilines is 1. The highest BCUT2D eigenvalue weighted by Gasteiger charge is 2.27. The number of nitrogens with one attached hydrogen (secondary N) is 2. The smallest absolute Gasteiger partial charge is 0.313 e. The lowest BCUT2D eigenvalue weighted by atomic mass is 10.0. The van der Waals surface area contributed by atoms with Crippen molar-refractivity contribution in [3.63, 3.8) is 0 Å². The van der Waals surface area contributed by atoms with Crippen molar-refractivity contribution in [1.82, 2.24) is 10.3 Å². The van der Waals surface area contributed by atoms with Gasteiger partial charge < -0.3 is 15.7 Å². The molecule has 0 radical (unpaired) electrons. The molecule has 1 aromatic carbocycles. The molecular formula is C18H17N3O3S. The molecule has 6 nitrogen and oxygen atoms in total. The lowest BCUT2D eigenvalue weighted by molar-refractivity contribution is -0.136. The summed E-state index contributed by atoms with van der Waals surface area (Å²) in [4.78, 5) is 28.4. The van der Waals surface area contributed by atoms with Crippen molar-refractivity contribution in [2.75, 3.05) is 11.9 Å². The highest BCUT2D eigenvalue weighted by atomic mass is 32.1. The molecule has 0 aliphatic rings. The predicted octanol–water partition coefficient (Wildman–Crippen LogP) is 2.26. The minimum absolute atomic E-state index is 0.0703. The molecule has 2 amide bonds. The Morgan fingerprint density at radius 3 is 2.72 bits per heavy atom. The molecule has 25 heavy (non-hydrogen) atoms. The van der Waals surface area contributed by atoms with Crippen LogP contribution in [0.4, 0.5) is 5.69 Å². The maximum atomic E-state index is 11.9. The number of aromatic nitrogens is 1. The van der Waals surface area contributed by atoms with Gasteiger partial charge in [0.2, 0.25) is 0 Å². The number of rotatable bonds is 4. The van der Waals surface area contributed by atoms with E-state index >= 15 is 0 Å². The summed E-state index contributed by atoms with van der Waals surface area (Å²) in [5.41, 5.74) is -0.840. The lowest BCUT2D eigenvalue weighted by Crippen LogP contribution is -2.42. The number of aliphatic hydroxyl groups is 1. The third kappa shape index (κ3) is 4.01. The predicted molar refractivity (Wildman–Crippen MR) is 97.3 cm³/mol. The van der Waals surface area contributed by atoms with Crippen LogP contribution in [0.3, 0.4) is 0 Å². The van der Waals surface area contributed by atoms with E-state index in [0.29, 0.717) is 5.69 Å². The molecule has 3 aromatic rings. The Labute approximate surface area is 148 Å². The Bertz CT molecular complexity index is 873. The van der Waals surface area contributed by atoms with Gasteiger partial charge in [-0.15, -0.1) is 11.3 Å². The van der Waals surface area contributed by atoms with Crippen molar-refractivity contribution in [3.05, 3.63) is 59.7 Å². The Morgan fingerprint density at radius 1 is 1.20 bits per heavy atom. The third-order valence-electron chi connectivity index (χ3n) is 3.68. The maximum Gasteiger partial charge on any atom is 0.313 e. The van der Waals surface area contributed by atoms with E-state index in [2.05, 4.69) is 15.6 Å². The molecule has 1 atom stereocenters. The molecule has 0 fully saturated rings. The Kier molecular flexibility index (Phi) is 4.78. The molecule has 0 saturated heterocycles. The average molecular weight is 355 g/mol. The first kappa shape index (κ1) is 17.1. The van der Waals surface area contributed by atoms with Gasteiger partial charge in [-0.1, -0.05) is 18.2 Å². The van der Waals surface area contributed by atoms with Crippen molar-refractivity contribution in [2.24, 2.45) is 0 Å². The van der Waals surface area contributed by atoms with E-state index in [1.165, 1.54) is 17.5 Å². The summed E-state index contributed by atoms with van der Waals surface area (Å²) in [6, 6.07) is 13.0. The number of carbonyl (C=O) groups excluding carboxylic acids is 2. The van der Waals surface area contributed by atoms with E-state index in [4.69, 9.17) is 0 Å². The monoisotopic (exact) mass is 355 g/mol. The summed E-state index contributed by atoms with van der Waals surface area (Å²) in [6.45, 7) is 1.54. The second-order valence-corrected chi connectivity index (χ2v) is 6.88. The van der Waals surface area contributed by atoms with Crippen LogP contribution in [-0.4, -0.2) is 28.4 Å². The first-order chi connectivity index (χ1) is 12.0. The maximum absolute atomic E-state index is 11.9. The van der Waals surface area contributed by atoms with E-state index in [0.717, 1.165) is 15.0 Å². The van der Waals surface area contributed by atoms with Gasteiger partial charge in [0.05, 0.1) is 18.4 Å². The standard InChI is InChI=1S/C18H17N3O3S/c1-18(24,15-9-12-5-2-3-7-14(12)25-15)11-20-16(22)17(23)21-13-6-4-8-19-10-13/h2-10,24H,11H2,1H3,(H,20,22)(H,21,23). The molecule has 1 unspecified atom stereocenters. The summed E-state index contributed by atoms with van der Waals surface area (Å²) in [5, 5.41) is 16.6. The molecule has 3 rings (SSSR count). The molecule has 0 aliphatic heterocycles. The first-order valence-electron chi connectivity index (χ1n) is 7.66. The Morgan fingerprint density at radius 2 is 2.00 bits per heavy atom. The molecule has 0 spiro atoms. The fraction of sp³-hybridized carbons (Fsp3) is 0.167. The molecule has 7 heteroatoms. The number of pyridine rings is 1. The van der Waals surface area contributed by atoms with Gasteiger partial charge in [-0.25, -0.2) is 0 Å². The van der Waals surface area contributed by atoms with Crippen molar-refractivity contribution < 1.29 is 14.7 Å². The zero-order valence-corrected chi connectivity index (χ0v) is 14.3. The van der Waals surface area contributed by atoms with Gasteiger partial charge in [0.1, 0.15) is 5.60 Å². The van der Waals surface area contributed by atoms with E-state index in [-0.39, 0.29) is 6.54 Å². The SMILES string of the molecule is CC(O)(CNC(=O)C(=O)Nc1cccnc1)c1cc2ccccc2s1. The fourth-order valence-corrected chi connectivity index (χ4v) is 3.40. The molecule has 128 valence electrons. The summed E-state index contributed by atoms with van der Waals surface area (Å²) in [6.07, 6.45) is 3.01. The summed E-state index contributed by atoms with van der Waals surface area (Å²) in [5.74, 6) is -1.62. The van der Waals surface area contributed by atoms with E-state index in [1.54, 1.807) is 25.3 Å². The normalized spacial score (nSPS) is 13.2. The van der Waals surface area contributed by atoms with Crippen LogP contribution in [0.1, 0.15) is 11.8 Å². The van der Waals surface area contributed by atoms with Crippen LogP contribution < -0.4 is 10.6 Å². The molecular weight excluding hydrogens is 338 g/mol. The number of hydrogen-bond acceptors (Lipinski definition) is 5. The highest BCUT2D eigenvalue weighted by Crippen LogP contribution is 2.32. The number of fused-ring (bicyclic) bond motifs is 1. The highest BCUT2D eigenvalue weighted by molar-refractivity contribution is 7.19. The minimum atomic E-state index is -1.27. The zero-order valence-electron chi connectivity index (χ0n) is 13.5. The summed E-state index contributed by atoms with van der Waals surface area (Å²) < 4.78 is 1.05. The van der Waals surface area contributed by atoms with Crippen LogP contribution in [-0.2, 0) is 15.2 Å².